The van der Waals surface area contributed by atoms with Crippen molar-refractivity contribution in [3.63, 3.8) is 0 Å². The molecule has 1 N–H and O–H groups in total. The first-order valence-electron chi connectivity index (χ1n) is 6.27. The van der Waals surface area contributed by atoms with Crippen LogP contribution in [0.15, 0.2) is 5.38 Å². The van der Waals surface area contributed by atoms with Crippen molar-refractivity contribution in [1.29, 1.82) is 0 Å². The number of piperidine rings is 1. The highest BCUT2D eigenvalue weighted by Crippen LogP contribution is 2.24. The lowest BCUT2D eigenvalue weighted by Gasteiger charge is -2.33. The molecule has 0 radical (unpaired) electrons. The third kappa shape index (κ3) is 2.55. The van der Waals surface area contributed by atoms with E-state index < -0.39 is 0 Å². The normalized spacial score (nSPS) is 21.0. The summed E-state index contributed by atoms with van der Waals surface area (Å²) in [5.41, 5.74) is 1.22. The summed E-state index contributed by atoms with van der Waals surface area (Å²) in [6, 6.07) is 0.634. The van der Waals surface area contributed by atoms with E-state index in [1.54, 1.807) is 11.3 Å². The molecule has 90 valence electrons. The lowest BCUT2D eigenvalue weighted by molar-refractivity contribution is 0.435. The van der Waals surface area contributed by atoms with Crippen molar-refractivity contribution in [3.05, 3.63) is 11.1 Å². The zero-order valence-electron chi connectivity index (χ0n) is 10.2. The zero-order chi connectivity index (χ0) is 11.4. The van der Waals surface area contributed by atoms with Crippen molar-refractivity contribution in [1.82, 2.24) is 10.3 Å². The number of aryl methyl sites for hydroxylation is 1. The molecule has 1 unspecified atom stereocenters. The van der Waals surface area contributed by atoms with E-state index in [9.17, 15) is 0 Å². The summed E-state index contributed by atoms with van der Waals surface area (Å²) in [5.74, 6) is 0. The Morgan fingerprint density at radius 3 is 3.00 bits per heavy atom. The van der Waals surface area contributed by atoms with Gasteiger partial charge in [-0.15, -0.1) is 11.3 Å². The van der Waals surface area contributed by atoms with E-state index in [0.717, 1.165) is 19.5 Å². The Labute approximate surface area is 102 Å². The van der Waals surface area contributed by atoms with E-state index in [0.29, 0.717) is 6.04 Å². The topological polar surface area (TPSA) is 28.2 Å². The van der Waals surface area contributed by atoms with Gasteiger partial charge in [-0.25, -0.2) is 4.98 Å². The molecule has 1 aliphatic rings. The summed E-state index contributed by atoms with van der Waals surface area (Å²) in [4.78, 5) is 7.15. The number of aromatic nitrogens is 1. The molecule has 1 atom stereocenters. The molecule has 0 spiro atoms. The number of thiazole rings is 1. The molecule has 1 saturated heterocycles. The maximum absolute atomic E-state index is 4.69. The Balaban J connectivity index is 2.08. The average molecular weight is 239 g/mol. The SMILES string of the molecule is CCc1csc(N(CC)C2CCCNC2)n1. The van der Waals surface area contributed by atoms with Gasteiger partial charge in [0.15, 0.2) is 5.13 Å². The van der Waals surface area contributed by atoms with Gasteiger partial charge >= 0.3 is 0 Å². The summed E-state index contributed by atoms with van der Waals surface area (Å²) >= 11 is 1.79. The van der Waals surface area contributed by atoms with E-state index in [1.807, 2.05) is 0 Å². The number of rotatable bonds is 4. The lowest BCUT2D eigenvalue weighted by atomic mass is 10.1. The lowest BCUT2D eigenvalue weighted by Crippen LogP contribution is -2.46. The smallest absolute Gasteiger partial charge is 0.185 e. The predicted octanol–water partition coefficient (Wildman–Crippen LogP) is 2.28. The van der Waals surface area contributed by atoms with Gasteiger partial charge in [0, 0.05) is 24.5 Å². The molecule has 2 heterocycles. The van der Waals surface area contributed by atoms with Crippen LogP contribution in [0.3, 0.4) is 0 Å². The largest absolute Gasteiger partial charge is 0.344 e. The maximum Gasteiger partial charge on any atom is 0.185 e. The van der Waals surface area contributed by atoms with Crippen LogP contribution >= 0.6 is 11.3 Å². The average Bonchev–Trinajstić information content (AvgIpc) is 2.80. The second kappa shape index (κ2) is 5.64. The Hall–Kier alpha value is -0.610. The number of nitrogens with zero attached hydrogens (tertiary/aromatic N) is 2. The molecule has 1 aliphatic heterocycles. The van der Waals surface area contributed by atoms with Crippen LogP contribution in [0.5, 0.6) is 0 Å². The van der Waals surface area contributed by atoms with Gasteiger partial charge in [0.25, 0.3) is 0 Å². The van der Waals surface area contributed by atoms with Gasteiger partial charge in [0.1, 0.15) is 0 Å². The summed E-state index contributed by atoms with van der Waals surface area (Å²) in [6.07, 6.45) is 3.62. The second-order valence-electron chi connectivity index (χ2n) is 4.26. The Bertz CT molecular complexity index is 318. The molecule has 0 bridgehead atoms. The fraction of sp³-hybridized carbons (Fsp3) is 0.750. The standard InChI is InChI=1S/C12H21N3S/c1-3-10-9-16-12(14-10)15(4-2)11-6-5-7-13-8-11/h9,11,13H,3-8H2,1-2H3. The Morgan fingerprint density at radius 2 is 2.44 bits per heavy atom. The molecule has 3 nitrogen and oxygen atoms in total. The van der Waals surface area contributed by atoms with Gasteiger partial charge in [-0.2, -0.15) is 0 Å². The molecule has 0 amide bonds. The van der Waals surface area contributed by atoms with Crippen molar-refractivity contribution in [2.45, 2.75) is 39.2 Å². The van der Waals surface area contributed by atoms with Crippen LogP contribution in [0, 0.1) is 0 Å². The summed E-state index contributed by atoms with van der Waals surface area (Å²) in [5, 5.41) is 6.87. The van der Waals surface area contributed by atoms with Crippen molar-refractivity contribution >= 4 is 16.5 Å². The van der Waals surface area contributed by atoms with Crippen molar-refractivity contribution in [2.75, 3.05) is 24.5 Å². The van der Waals surface area contributed by atoms with Crippen molar-refractivity contribution in [3.8, 4) is 0 Å². The molecule has 1 fully saturated rings. The minimum absolute atomic E-state index is 0.634. The minimum Gasteiger partial charge on any atom is -0.344 e. The number of hydrogen-bond donors (Lipinski definition) is 1. The highest BCUT2D eigenvalue weighted by molar-refractivity contribution is 7.13. The van der Waals surface area contributed by atoms with Crippen LogP contribution in [-0.4, -0.2) is 30.7 Å². The molecule has 16 heavy (non-hydrogen) atoms. The van der Waals surface area contributed by atoms with Crippen molar-refractivity contribution in [2.24, 2.45) is 0 Å². The van der Waals surface area contributed by atoms with Gasteiger partial charge in [0.2, 0.25) is 0 Å². The van der Waals surface area contributed by atoms with Gasteiger partial charge in [0.05, 0.1) is 5.69 Å². The van der Waals surface area contributed by atoms with Crippen LogP contribution in [-0.2, 0) is 6.42 Å². The zero-order valence-corrected chi connectivity index (χ0v) is 11.0. The third-order valence-electron chi connectivity index (χ3n) is 3.20. The molecule has 1 aromatic heterocycles. The fourth-order valence-electron chi connectivity index (χ4n) is 2.24. The number of likely N-dealkylation sites (N-methyl/N-ethyl adjacent to an activating group) is 1. The molecular weight excluding hydrogens is 218 g/mol. The first-order chi connectivity index (χ1) is 7.85. The van der Waals surface area contributed by atoms with E-state index in [4.69, 9.17) is 4.98 Å². The molecule has 2 rings (SSSR count). The van der Waals surface area contributed by atoms with Gasteiger partial charge in [-0.05, 0) is 32.7 Å². The van der Waals surface area contributed by atoms with Gasteiger partial charge in [-0.1, -0.05) is 6.92 Å². The Kier molecular flexibility index (Phi) is 4.18. The van der Waals surface area contributed by atoms with E-state index in [2.05, 4.69) is 29.4 Å². The third-order valence-corrected chi connectivity index (χ3v) is 4.13. The molecule has 1 aromatic rings. The monoisotopic (exact) mass is 239 g/mol. The molecule has 4 heteroatoms. The number of hydrogen-bond acceptors (Lipinski definition) is 4. The molecular formula is C12H21N3S. The highest BCUT2D eigenvalue weighted by Gasteiger charge is 2.21. The van der Waals surface area contributed by atoms with Crippen LogP contribution < -0.4 is 10.2 Å². The quantitative estimate of drug-likeness (QED) is 0.874. The van der Waals surface area contributed by atoms with Gasteiger partial charge < -0.3 is 10.2 Å². The Morgan fingerprint density at radius 1 is 1.56 bits per heavy atom. The van der Waals surface area contributed by atoms with E-state index in [-0.39, 0.29) is 0 Å². The number of nitrogens with one attached hydrogen (secondary N) is 1. The maximum atomic E-state index is 4.69. The number of anilines is 1. The van der Waals surface area contributed by atoms with Crippen LogP contribution in [0.1, 0.15) is 32.4 Å². The summed E-state index contributed by atoms with van der Waals surface area (Å²) in [6.45, 7) is 7.73. The first-order valence-corrected chi connectivity index (χ1v) is 7.14. The molecule has 0 aliphatic carbocycles. The van der Waals surface area contributed by atoms with Crippen molar-refractivity contribution < 1.29 is 0 Å². The second-order valence-corrected chi connectivity index (χ2v) is 5.10. The van der Waals surface area contributed by atoms with Crippen LogP contribution in [0.2, 0.25) is 0 Å². The van der Waals surface area contributed by atoms with Crippen LogP contribution in [0.4, 0.5) is 5.13 Å². The predicted molar refractivity (Wildman–Crippen MR) is 70.4 cm³/mol. The molecule has 0 aromatic carbocycles. The van der Waals surface area contributed by atoms with Crippen LogP contribution in [0.25, 0.3) is 0 Å². The van der Waals surface area contributed by atoms with E-state index >= 15 is 0 Å². The fourth-order valence-corrected chi connectivity index (χ4v) is 3.28. The van der Waals surface area contributed by atoms with Gasteiger partial charge in [-0.3, -0.25) is 0 Å². The summed E-state index contributed by atoms with van der Waals surface area (Å²) < 4.78 is 0. The van der Waals surface area contributed by atoms with E-state index in [1.165, 1.54) is 30.2 Å². The summed E-state index contributed by atoms with van der Waals surface area (Å²) in [7, 11) is 0. The minimum atomic E-state index is 0.634. The highest BCUT2D eigenvalue weighted by atomic mass is 32.1. The molecule has 0 saturated carbocycles. The first kappa shape index (κ1) is 11.9.